The average molecular weight is 180 g/mol. The quantitative estimate of drug-likeness (QED) is 0.369. The van der Waals surface area contributed by atoms with Gasteiger partial charge in [0.2, 0.25) is 0 Å². The first-order valence-corrected chi connectivity index (χ1v) is 4.39. The van der Waals surface area contributed by atoms with Crippen LogP contribution in [0.3, 0.4) is 0 Å². The van der Waals surface area contributed by atoms with Gasteiger partial charge in [0.1, 0.15) is 0 Å². The molecule has 0 atom stereocenters. The van der Waals surface area contributed by atoms with Gasteiger partial charge in [-0.05, 0) is 6.42 Å². The van der Waals surface area contributed by atoms with Crippen molar-refractivity contribution in [1.82, 2.24) is 0 Å². The van der Waals surface area contributed by atoms with Crippen LogP contribution in [0.2, 0.25) is 0 Å². The van der Waals surface area contributed by atoms with E-state index in [1.165, 1.54) is 13.2 Å². The Labute approximate surface area is 79.6 Å². The lowest BCUT2D eigenvalue weighted by molar-refractivity contribution is -0.134. The van der Waals surface area contributed by atoms with E-state index >= 15 is 0 Å². The molecule has 2 heteroatoms. The monoisotopic (exact) mass is 180 g/mol. The van der Waals surface area contributed by atoms with Crippen LogP contribution in [-0.2, 0) is 9.53 Å². The lowest BCUT2D eigenvalue weighted by Gasteiger charge is -1.85. The second-order valence-electron chi connectivity index (χ2n) is 2.48. The number of allylic oxidation sites excluding steroid dienone is 5. The third-order valence-electron chi connectivity index (χ3n) is 1.36. The van der Waals surface area contributed by atoms with Gasteiger partial charge in [-0.2, -0.15) is 0 Å². The van der Waals surface area contributed by atoms with Crippen molar-refractivity contribution in [2.75, 3.05) is 7.11 Å². The van der Waals surface area contributed by atoms with Crippen molar-refractivity contribution in [2.24, 2.45) is 0 Å². The Morgan fingerprint density at radius 2 is 1.92 bits per heavy atom. The molecule has 0 aromatic rings. The topological polar surface area (TPSA) is 26.3 Å². The molecular weight excluding hydrogens is 164 g/mol. The summed E-state index contributed by atoms with van der Waals surface area (Å²) in [4.78, 5) is 10.6. The number of rotatable bonds is 5. The van der Waals surface area contributed by atoms with Crippen LogP contribution in [-0.4, -0.2) is 13.1 Å². The van der Waals surface area contributed by atoms with Crippen LogP contribution in [0, 0.1) is 0 Å². The average Bonchev–Trinajstić information content (AvgIpc) is 2.16. The molecule has 0 unspecified atom stereocenters. The number of methoxy groups -OCH3 is 1. The zero-order chi connectivity index (χ0) is 9.94. The van der Waals surface area contributed by atoms with Gasteiger partial charge in [-0.3, -0.25) is 0 Å². The lowest BCUT2D eigenvalue weighted by atomic mass is 10.3. The molecule has 13 heavy (non-hydrogen) atoms. The fourth-order valence-corrected chi connectivity index (χ4v) is 0.672. The Balaban J connectivity index is 3.62. The van der Waals surface area contributed by atoms with Crippen molar-refractivity contribution in [3.05, 3.63) is 36.5 Å². The molecule has 0 saturated carbocycles. The van der Waals surface area contributed by atoms with E-state index in [4.69, 9.17) is 0 Å². The minimum Gasteiger partial charge on any atom is -0.466 e. The number of esters is 1. The summed E-state index contributed by atoms with van der Waals surface area (Å²) in [5.74, 6) is -0.331. The third kappa shape index (κ3) is 8.60. The number of carbonyl (C=O) groups excluding carboxylic acids is 1. The number of unbranched alkanes of at least 4 members (excludes halogenated alkanes) is 1. The summed E-state index contributed by atoms with van der Waals surface area (Å²) >= 11 is 0. The molecule has 0 aliphatic heterocycles. The first kappa shape index (κ1) is 11.7. The number of hydrogen-bond acceptors (Lipinski definition) is 2. The van der Waals surface area contributed by atoms with Gasteiger partial charge in [-0.25, -0.2) is 4.79 Å². The van der Waals surface area contributed by atoms with Crippen LogP contribution in [0.4, 0.5) is 0 Å². The van der Waals surface area contributed by atoms with Crippen LogP contribution >= 0.6 is 0 Å². The van der Waals surface area contributed by atoms with E-state index in [1.54, 1.807) is 12.2 Å². The molecular formula is C11H16O2. The molecule has 0 bridgehead atoms. The Morgan fingerprint density at radius 1 is 1.23 bits per heavy atom. The van der Waals surface area contributed by atoms with Gasteiger partial charge >= 0.3 is 5.97 Å². The normalized spacial score (nSPS) is 11.8. The van der Waals surface area contributed by atoms with E-state index in [0.29, 0.717) is 0 Å². The zero-order valence-electron chi connectivity index (χ0n) is 8.19. The lowest BCUT2D eigenvalue weighted by Crippen LogP contribution is -1.92. The minimum absolute atomic E-state index is 0.331. The predicted octanol–water partition coefficient (Wildman–Crippen LogP) is 2.63. The molecule has 0 aliphatic rings. The van der Waals surface area contributed by atoms with Crippen LogP contribution in [0.25, 0.3) is 0 Å². The Hall–Kier alpha value is -1.31. The van der Waals surface area contributed by atoms with Gasteiger partial charge in [0.05, 0.1) is 7.11 Å². The second-order valence-corrected chi connectivity index (χ2v) is 2.48. The summed E-state index contributed by atoms with van der Waals surface area (Å²) in [6.45, 7) is 2.13. The molecule has 0 N–H and O–H groups in total. The first-order chi connectivity index (χ1) is 6.31. The Kier molecular flexibility index (Phi) is 7.90. The van der Waals surface area contributed by atoms with Crippen molar-refractivity contribution < 1.29 is 9.53 Å². The van der Waals surface area contributed by atoms with Crippen molar-refractivity contribution >= 4 is 5.97 Å². The SMILES string of the molecule is CCCC=C/C=C/C=C\C(=O)OC. The maximum atomic E-state index is 10.6. The largest absolute Gasteiger partial charge is 0.466 e. The fraction of sp³-hybridized carbons (Fsp3) is 0.364. The predicted molar refractivity (Wildman–Crippen MR) is 54.3 cm³/mol. The third-order valence-corrected chi connectivity index (χ3v) is 1.36. The molecule has 0 fully saturated rings. The minimum atomic E-state index is -0.331. The van der Waals surface area contributed by atoms with Gasteiger partial charge in [0, 0.05) is 6.08 Å². The molecule has 0 radical (unpaired) electrons. The van der Waals surface area contributed by atoms with Crippen molar-refractivity contribution in [3.8, 4) is 0 Å². The number of hydrogen-bond donors (Lipinski definition) is 0. The summed E-state index contributed by atoms with van der Waals surface area (Å²) in [6, 6.07) is 0. The van der Waals surface area contributed by atoms with Gasteiger partial charge in [-0.15, -0.1) is 0 Å². The van der Waals surface area contributed by atoms with Gasteiger partial charge < -0.3 is 4.74 Å². The molecule has 0 saturated heterocycles. The molecule has 0 spiro atoms. The maximum Gasteiger partial charge on any atom is 0.330 e. The molecule has 0 aromatic heterocycles. The van der Waals surface area contributed by atoms with Crippen LogP contribution < -0.4 is 0 Å². The fourth-order valence-electron chi connectivity index (χ4n) is 0.672. The van der Waals surface area contributed by atoms with Gasteiger partial charge in [0.25, 0.3) is 0 Å². The van der Waals surface area contributed by atoms with Crippen LogP contribution in [0.5, 0.6) is 0 Å². The highest BCUT2D eigenvalue weighted by molar-refractivity contribution is 5.82. The van der Waals surface area contributed by atoms with Crippen LogP contribution in [0.1, 0.15) is 19.8 Å². The Bertz CT molecular complexity index is 212. The van der Waals surface area contributed by atoms with E-state index in [2.05, 4.69) is 17.7 Å². The molecule has 0 aliphatic carbocycles. The summed E-state index contributed by atoms with van der Waals surface area (Å²) in [5.41, 5.74) is 0. The van der Waals surface area contributed by atoms with E-state index in [9.17, 15) is 4.79 Å². The summed E-state index contributed by atoms with van der Waals surface area (Å²) in [6.07, 6.45) is 13.0. The number of ether oxygens (including phenoxy) is 1. The molecule has 0 rings (SSSR count). The van der Waals surface area contributed by atoms with Crippen LogP contribution in [0.15, 0.2) is 36.5 Å². The van der Waals surface area contributed by atoms with Gasteiger partial charge in [0.15, 0.2) is 0 Å². The summed E-state index contributed by atoms with van der Waals surface area (Å²) < 4.78 is 4.42. The van der Waals surface area contributed by atoms with E-state index in [1.807, 2.05) is 12.2 Å². The molecule has 2 nitrogen and oxygen atoms in total. The molecule has 72 valence electrons. The standard InChI is InChI=1S/C11H16O2/c1-3-4-5-6-7-8-9-10-11(12)13-2/h5-10H,3-4H2,1-2H3/b6-5?,8-7+,10-9-. The Morgan fingerprint density at radius 3 is 2.54 bits per heavy atom. The van der Waals surface area contributed by atoms with Gasteiger partial charge in [-0.1, -0.05) is 43.7 Å². The zero-order valence-corrected chi connectivity index (χ0v) is 8.19. The second kappa shape index (κ2) is 8.78. The highest BCUT2D eigenvalue weighted by atomic mass is 16.5. The summed E-state index contributed by atoms with van der Waals surface area (Å²) in [5, 5.41) is 0. The smallest absolute Gasteiger partial charge is 0.330 e. The van der Waals surface area contributed by atoms with E-state index in [-0.39, 0.29) is 5.97 Å². The first-order valence-electron chi connectivity index (χ1n) is 4.39. The number of carbonyl (C=O) groups is 1. The van der Waals surface area contributed by atoms with E-state index < -0.39 is 0 Å². The maximum absolute atomic E-state index is 10.6. The highest BCUT2D eigenvalue weighted by Gasteiger charge is 1.85. The van der Waals surface area contributed by atoms with Crippen molar-refractivity contribution in [2.45, 2.75) is 19.8 Å². The van der Waals surface area contributed by atoms with Crippen molar-refractivity contribution in [3.63, 3.8) is 0 Å². The van der Waals surface area contributed by atoms with E-state index in [0.717, 1.165) is 12.8 Å². The molecule has 0 amide bonds. The highest BCUT2D eigenvalue weighted by Crippen LogP contribution is 1.89. The summed E-state index contributed by atoms with van der Waals surface area (Å²) in [7, 11) is 1.36. The molecule has 0 heterocycles. The van der Waals surface area contributed by atoms with Crippen molar-refractivity contribution in [1.29, 1.82) is 0 Å². The molecule has 0 aromatic carbocycles.